The molecule has 1 N–H and O–H groups in total. The van der Waals surface area contributed by atoms with Gasteiger partial charge in [0, 0.05) is 5.30 Å². The predicted octanol–water partition coefficient (Wildman–Crippen LogP) is 1.99. The quantitative estimate of drug-likeness (QED) is 0.738. The molecule has 0 saturated carbocycles. The molecule has 0 fully saturated rings. The smallest absolute Gasteiger partial charge is 0.110 e. The molecule has 0 aliphatic heterocycles. The number of rotatable bonds is 2. The topological polar surface area (TPSA) is 37.3 Å². The summed E-state index contributed by atoms with van der Waals surface area (Å²) in [5.74, 6) is 0. The van der Waals surface area contributed by atoms with Crippen LogP contribution in [0.3, 0.4) is 0 Å². The maximum atomic E-state index is 11.8. The third-order valence-corrected chi connectivity index (χ3v) is 3.53. The third-order valence-electron chi connectivity index (χ3n) is 1.97. The highest BCUT2D eigenvalue weighted by Crippen LogP contribution is 2.37. The Morgan fingerprint density at radius 1 is 1.31 bits per heavy atom. The van der Waals surface area contributed by atoms with Gasteiger partial charge < -0.3 is 9.67 Å². The molecule has 72 valence electrons. The van der Waals surface area contributed by atoms with Crippen LogP contribution in [0.1, 0.15) is 18.6 Å². The lowest BCUT2D eigenvalue weighted by molar-refractivity contribution is 0.200. The van der Waals surface area contributed by atoms with E-state index in [4.69, 9.17) is 0 Å². The van der Waals surface area contributed by atoms with Gasteiger partial charge in [-0.05, 0) is 25.8 Å². The summed E-state index contributed by atoms with van der Waals surface area (Å²) in [5, 5.41) is 10.2. The van der Waals surface area contributed by atoms with E-state index in [0.29, 0.717) is 0 Å². The number of hydrogen-bond acceptors (Lipinski definition) is 2. The van der Waals surface area contributed by atoms with Crippen molar-refractivity contribution in [3.05, 3.63) is 29.8 Å². The van der Waals surface area contributed by atoms with Crippen LogP contribution in [0.4, 0.5) is 0 Å². The Kier molecular flexibility index (Phi) is 2.94. The van der Waals surface area contributed by atoms with Crippen molar-refractivity contribution in [2.45, 2.75) is 13.0 Å². The lowest BCUT2D eigenvalue weighted by Gasteiger charge is -2.14. The molecule has 0 spiro atoms. The molecular formula is C10H15O2P. The average molecular weight is 198 g/mol. The Morgan fingerprint density at radius 2 is 1.85 bits per heavy atom. The van der Waals surface area contributed by atoms with E-state index in [1.165, 1.54) is 0 Å². The fourth-order valence-corrected chi connectivity index (χ4v) is 2.66. The first-order valence-electron chi connectivity index (χ1n) is 4.25. The molecule has 1 atom stereocenters. The van der Waals surface area contributed by atoms with Crippen molar-refractivity contribution in [2.24, 2.45) is 0 Å². The number of aliphatic hydroxyl groups excluding tert-OH is 1. The monoisotopic (exact) mass is 198 g/mol. The molecule has 1 unspecified atom stereocenters. The van der Waals surface area contributed by atoms with Crippen molar-refractivity contribution in [2.75, 3.05) is 13.3 Å². The van der Waals surface area contributed by atoms with Crippen LogP contribution in [-0.4, -0.2) is 18.4 Å². The third kappa shape index (κ3) is 2.43. The standard InChI is InChI=1S/C10H15O2P/c1-8(11)9-6-4-5-7-10(9)13(2,3)12/h4-8,11H,1-3H3. The summed E-state index contributed by atoms with van der Waals surface area (Å²) in [5.41, 5.74) is 0.774. The largest absolute Gasteiger partial charge is 0.389 e. The van der Waals surface area contributed by atoms with Gasteiger partial charge in [-0.2, -0.15) is 0 Å². The van der Waals surface area contributed by atoms with E-state index in [1.807, 2.05) is 24.3 Å². The summed E-state index contributed by atoms with van der Waals surface area (Å²) in [6, 6.07) is 7.34. The van der Waals surface area contributed by atoms with Crippen LogP contribution in [0.25, 0.3) is 0 Å². The lowest BCUT2D eigenvalue weighted by Crippen LogP contribution is -2.12. The molecule has 3 heteroatoms. The zero-order chi connectivity index (χ0) is 10.1. The number of benzene rings is 1. The highest BCUT2D eigenvalue weighted by Gasteiger charge is 2.17. The minimum atomic E-state index is -2.27. The van der Waals surface area contributed by atoms with Gasteiger partial charge >= 0.3 is 0 Å². The second kappa shape index (κ2) is 3.65. The van der Waals surface area contributed by atoms with E-state index >= 15 is 0 Å². The van der Waals surface area contributed by atoms with E-state index in [0.717, 1.165) is 10.9 Å². The summed E-state index contributed by atoms with van der Waals surface area (Å²) >= 11 is 0. The van der Waals surface area contributed by atoms with Crippen LogP contribution in [0, 0.1) is 0 Å². The second-order valence-corrected chi connectivity index (χ2v) is 6.77. The summed E-state index contributed by atoms with van der Waals surface area (Å²) in [7, 11) is -2.27. The summed E-state index contributed by atoms with van der Waals surface area (Å²) in [6.07, 6.45) is -0.551. The van der Waals surface area contributed by atoms with Crippen LogP contribution < -0.4 is 5.30 Å². The maximum absolute atomic E-state index is 11.8. The molecular weight excluding hydrogens is 183 g/mol. The van der Waals surface area contributed by atoms with Crippen molar-refractivity contribution in [1.29, 1.82) is 0 Å². The maximum Gasteiger partial charge on any atom is 0.110 e. The number of aliphatic hydroxyl groups is 1. The molecule has 1 rings (SSSR count). The van der Waals surface area contributed by atoms with Gasteiger partial charge in [0.25, 0.3) is 0 Å². The molecule has 1 aromatic carbocycles. The predicted molar refractivity (Wildman–Crippen MR) is 56.2 cm³/mol. The molecule has 0 aromatic heterocycles. The van der Waals surface area contributed by atoms with Gasteiger partial charge in [-0.25, -0.2) is 0 Å². The SMILES string of the molecule is CC(O)c1ccccc1P(C)(C)=O. The van der Waals surface area contributed by atoms with E-state index in [1.54, 1.807) is 20.3 Å². The molecule has 0 amide bonds. The Hall–Kier alpha value is -0.590. The van der Waals surface area contributed by atoms with Crippen molar-refractivity contribution < 1.29 is 9.67 Å². The molecule has 0 heterocycles. The number of hydrogen-bond donors (Lipinski definition) is 1. The van der Waals surface area contributed by atoms with Crippen LogP contribution >= 0.6 is 7.14 Å². The van der Waals surface area contributed by atoms with Gasteiger partial charge in [0.2, 0.25) is 0 Å². The van der Waals surface area contributed by atoms with E-state index < -0.39 is 13.2 Å². The summed E-state index contributed by atoms with van der Waals surface area (Å²) in [4.78, 5) is 0. The summed E-state index contributed by atoms with van der Waals surface area (Å²) < 4.78 is 11.8. The summed E-state index contributed by atoms with van der Waals surface area (Å²) in [6.45, 7) is 5.12. The van der Waals surface area contributed by atoms with Crippen molar-refractivity contribution in [3.8, 4) is 0 Å². The molecule has 0 aliphatic rings. The van der Waals surface area contributed by atoms with Crippen LogP contribution in [-0.2, 0) is 4.57 Å². The first kappa shape index (κ1) is 10.5. The highest BCUT2D eigenvalue weighted by molar-refractivity contribution is 7.70. The first-order valence-corrected chi connectivity index (χ1v) is 6.85. The lowest BCUT2D eigenvalue weighted by atomic mass is 10.1. The van der Waals surface area contributed by atoms with Gasteiger partial charge in [-0.1, -0.05) is 24.3 Å². The fraction of sp³-hybridized carbons (Fsp3) is 0.400. The zero-order valence-electron chi connectivity index (χ0n) is 8.19. The van der Waals surface area contributed by atoms with Crippen molar-refractivity contribution >= 4 is 12.4 Å². The molecule has 0 saturated heterocycles. The molecule has 1 aromatic rings. The zero-order valence-corrected chi connectivity index (χ0v) is 9.08. The molecule has 0 radical (unpaired) electrons. The normalized spacial score (nSPS) is 14.2. The van der Waals surface area contributed by atoms with Gasteiger partial charge in [0.15, 0.2) is 0 Å². The van der Waals surface area contributed by atoms with Gasteiger partial charge in [-0.3, -0.25) is 0 Å². The first-order chi connectivity index (χ1) is 5.93. The Labute approximate surface area is 79.0 Å². The Morgan fingerprint density at radius 3 is 2.23 bits per heavy atom. The van der Waals surface area contributed by atoms with Crippen LogP contribution in [0.5, 0.6) is 0 Å². The van der Waals surface area contributed by atoms with Gasteiger partial charge in [-0.15, -0.1) is 0 Å². The minimum Gasteiger partial charge on any atom is -0.389 e. The van der Waals surface area contributed by atoms with Gasteiger partial charge in [0.05, 0.1) is 6.10 Å². The average Bonchev–Trinajstić information content (AvgIpc) is 2.03. The minimum absolute atomic E-state index is 0.551. The van der Waals surface area contributed by atoms with Crippen molar-refractivity contribution in [1.82, 2.24) is 0 Å². The fourth-order valence-electron chi connectivity index (χ4n) is 1.33. The Balaban J connectivity index is 3.29. The van der Waals surface area contributed by atoms with Crippen molar-refractivity contribution in [3.63, 3.8) is 0 Å². The highest BCUT2D eigenvalue weighted by atomic mass is 31.2. The van der Waals surface area contributed by atoms with Crippen LogP contribution in [0.15, 0.2) is 24.3 Å². The van der Waals surface area contributed by atoms with E-state index in [2.05, 4.69) is 0 Å². The van der Waals surface area contributed by atoms with E-state index in [9.17, 15) is 9.67 Å². The van der Waals surface area contributed by atoms with Crippen LogP contribution in [0.2, 0.25) is 0 Å². The molecule has 0 bridgehead atoms. The second-order valence-electron chi connectivity index (χ2n) is 3.59. The van der Waals surface area contributed by atoms with E-state index in [-0.39, 0.29) is 0 Å². The van der Waals surface area contributed by atoms with Gasteiger partial charge in [0.1, 0.15) is 7.14 Å². The Bertz CT molecular complexity index is 339. The molecule has 13 heavy (non-hydrogen) atoms. The molecule has 2 nitrogen and oxygen atoms in total. The molecule has 0 aliphatic carbocycles.